The SMILES string of the molecule is COc1nnc(Cl)c2c(OC)nnc(Cl)c12. The highest BCUT2D eigenvalue weighted by atomic mass is 35.5. The number of hydrogen-bond acceptors (Lipinski definition) is 6. The molecule has 0 spiro atoms. The van der Waals surface area contributed by atoms with Gasteiger partial charge >= 0.3 is 0 Å². The van der Waals surface area contributed by atoms with Crippen LogP contribution >= 0.6 is 23.2 Å². The van der Waals surface area contributed by atoms with Gasteiger partial charge in [-0.05, 0) is 0 Å². The summed E-state index contributed by atoms with van der Waals surface area (Å²) in [5.74, 6) is 0.440. The maximum Gasteiger partial charge on any atom is 0.244 e. The predicted molar refractivity (Wildman–Crippen MR) is 58.3 cm³/mol. The molecule has 0 N–H and O–H groups in total. The molecule has 84 valence electrons. The van der Waals surface area contributed by atoms with E-state index in [1.165, 1.54) is 14.2 Å². The molecule has 2 aromatic rings. The summed E-state index contributed by atoms with van der Waals surface area (Å²) < 4.78 is 10.0. The van der Waals surface area contributed by atoms with Gasteiger partial charge in [0, 0.05) is 0 Å². The van der Waals surface area contributed by atoms with E-state index in [0.29, 0.717) is 10.8 Å². The van der Waals surface area contributed by atoms with Crippen LogP contribution in [0.1, 0.15) is 0 Å². The monoisotopic (exact) mass is 260 g/mol. The van der Waals surface area contributed by atoms with Crippen molar-refractivity contribution < 1.29 is 9.47 Å². The minimum absolute atomic E-state index is 0.129. The summed E-state index contributed by atoms with van der Waals surface area (Å²) in [5.41, 5.74) is 0. The van der Waals surface area contributed by atoms with Crippen molar-refractivity contribution in [3.63, 3.8) is 0 Å². The molecule has 0 amide bonds. The Bertz CT molecular complexity index is 500. The lowest BCUT2D eigenvalue weighted by molar-refractivity contribution is 0.391. The van der Waals surface area contributed by atoms with Crippen molar-refractivity contribution >= 4 is 34.0 Å². The number of hydrogen-bond donors (Lipinski definition) is 0. The van der Waals surface area contributed by atoms with Gasteiger partial charge in [0.15, 0.2) is 10.3 Å². The topological polar surface area (TPSA) is 70.0 Å². The second-order valence-electron chi connectivity index (χ2n) is 2.75. The van der Waals surface area contributed by atoms with Crippen LogP contribution in [-0.4, -0.2) is 34.6 Å². The Hall–Kier alpha value is -1.40. The van der Waals surface area contributed by atoms with E-state index in [-0.39, 0.29) is 22.1 Å². The molecule has 2 aromatic heterocycles. The molecule has 0 saturated heterocycles. The zero-order valence-electron chi connectivity index (χ0n) is 8.36. The summed E-state index contributed by atoms with van der Waals surface area (Å²) in [5, 5.41) is 16.0. The Morgan fingerprint density at radius 1 is 0.750 bits per heavy atom. The Labute approximate surface area is 100 Å². The van der Waals surface area contributed by atoms with Crippen molar-refractivity contribution in [3.8, 4) is 11.8 Å². The quantitative estimate of drug-likeness (QED) is 0.820. The second kappa shape index (κ2) is 4.23. The second-order valence-corrected chi connectivity index (χ2v) is 3.47. The molecule has 0 aliphatic rings. The normalized spacial score (nSPS) is 10.5. The van der Waals surface area contributed by atoms with Crippen molar-refractivity contribution in [2.45, 2.75) is 0 Å². The number of methoxy groups -OCH3 is 2. The number of aromatic nitrogens is 4. The molecule has 2 rings (SSSR count). The van der Waals surface area contributed by atoms with Crippen LogP contribution in [-0.2, 0) is 0 Å². The van der Waals surface area contributed by atoms with Crippen LogP contribution in [0.25, 0.3) is 10.8 Å². The molecule has 0 fully saturated rings. The van der Waals surface area contributed by atoms with Gasteiger partial charge in [-0.3, -0.25) is 0 Å². The number of ether oxygens (including phenoxy) is 2. The van der Waals surface area contributed by atoms with Gasteiger partial charge in [0.1, 0.15) is 0 Å². The lowest BCUT2D eigenvalue weighted by atomic mass is 10.3. The van der Waals surface area contributed by atoms with Gasteiger partial charge in [0.2, 0.25) is 11.8 Å². The van der Waals surface area contributed by atoms with Gasteiger partial charge in [-0.15, -0.1) is 20.4 Å². The molecule has 6 nitrogen and oxygen atoms in total. The van der Waals surface area contributed by atoms with E-state index in [2.05, 4.69) is 20.4 Å². The Kier molecular flexibility index (Phi) is 2.93. The lowest BCUT2D eigenvalue weighted by Gasteiger charge is -2.07. The van der Waals surface area contributed by atoms with Crippen molar-refractivity contribution in [1.29, 1.82) is 0 Å². The van der Waals surface area contributed by atoms with E-state index >= 15 is 0 Å². The van der Waals surface area contributed by atoms with E-state index in [0.717, 1.165) is 0 Å². The molecule has 0 aromatic carbocycles. The molecule has 0 radical (unpaired) electrons. The lowest BCUT2D eigenvalue weighted by Crippen LogP contribution is -1.99. The van der Waals surface area contributed by atoms with Crippen LogP contribution in [0.3, 0.4) is 0 Å². The smallest absolute Gasteiger partial charge is 0.244 e. The third kappa shape index (κ3) is 1.60. The Balaban J connectivity index is 2.94. The standard InChI is InChI=1S/C8H6Cl2N4O2/c1-15-7-3-4(6(10)11-13-7)8(16-2)14-12-5(3)9/h1-2H3. The molecule has 0 atom stereocenters. The van der Waals surface area contributed by atoms with Gasteiger partial charge < -0.3 is 9.47 Å². The summed E-state index contributed by atoms with van der Waals surface area (Å²) >= 11 is 11.8. The first-order valence-corrected chi connectivity index (χ1v) is 4.90. The summed E-state index contributed by atoms with van der Waals surface area (Å²) in [6.45, 7) is 0. The van der Waals surface area contributed by atoms with Gasteiger partial charge in [-0.1, -0.05) is 23.2 Å². The molecule has 0 aliphatic heterocycles. The van der Waals surface area contributed by atoms with Gasteiger partial charge in [-0.25, -0.2) is 0 Å². The molecule has 0 bridgehead atoms. The highest BCUT2D eigenvalue weighted by Gasteiger charge is 2.18. The molecule has 8 heteroatoms. The summed E-state index contributed by atoms with van der Waals surface area (Å²) in [6, 6.07) is 0. The molecule has 0 aliphatic carbocycles. The first-order valence-electron chi connectivity index (χ1n) is 4.15. The molecule has 2 heterocycles. The first-order chi connectivity index (χ1) is 7.69. The van der Waals surface area contributed by atoms with Gasteiger partial charge in [-0.2, -0.15) is 0 Å². The Morgan fingerprint density at radius 3 is 1.44 bits per heavy atom. The molecular weight excluding hydrogens is 255 g/mol. The van der Waals surface area contributed by atoms with Crippen LogP contribution < -0.4 is 9.47 Å². The summed E-state index contributed by atoms with van der Waals surface area (Å²) in [4.78, 5) is 0. The summed E-state index contributed by atoms with van der Waals surface area (Å²) in [7, 11) is 2.89. The maximum absolute atomic E-state index is 5.91. The number of halogens is 2. The van der Waals surface area contributed by atoms with E-state index in [9.17, 15) is 0 Å². The number of fused-ring (bicyclic) bond motifs is 1. The van der Waals surface area contributed by atoms with Crippen LogP contribution in [0.15, 0.2) is 0 Å². The van der Waals surface area contributed by atoms with Crippen molar-refractivity contribution in [2.75, 3.05) is 14.2 Å². The van der Waals surface area contributed by atoms with E-state index < -0.39 is 0 Å². The number of nitrogens with zero attached hydrogens (tertiary/aromatic N) is 4. The molecule has 16 heavy (non-hydrogen) atoms. The fourth-order valence-electron chi connectivity index (χ4n) is 1.26. The third-order valence-electron chi connectivity index (χ3n) is 1.93. The molecule has 0 unspecified atom stereocenters. The predicted octanol–water partition coefficient (Wildman–Crippen LogP) is 1.74. The highest BCUT2D eigenvalue weighted by Crippen LogP contribution is 2.36. The van der Waals surface area contributed by atoms with E-state index in [1.807, 2.05) is 0 Å². The molecule has 0 saturated carbocycles. The average Bonchev–Trinajstić information content (AvgIpc) is 2.31. The van der Waals surface area contributed by atoms with E-state index in [1.54, 1.807) is 0 Å². The van der Waals surface area contributed by atoms with Crippen LogP contribution in [0, 0.1) is 0 Å². The molecular formula is C8H6Cl2N4O2. The van der Waals surface area contributed by atoms with Crippen molar-refractivity contribution in [1.82, 2.24) is 20.4 Å². The van der Waals surface area contributed by atoms with Crippen LogP contribution in [0.4, 0.5) is 0 Å². The fraction of sp³-hybridized carbons (Fsp3) is 0.250. The minimum Gasteiger partial charge on any atom is -0.479 e. The van der Waals surface area contributed by atoms with Crippen molar-refractivity contribution in [2.24, 2.45) is 0 Å². The summed E-state index contributed by atoms with van der Waals surface area (Å²) in [6.07, 6.45) is 0. The minimum atomic E-state index is 0.129. The van der Waals surface area contributed by atoms with E-state index in [4.69, 9.17) is 32.7 Å². The van der Waals surface area contributed by atoms with Crippen LogP contribution in [0.2, 0.25) is 10.3 Å². The van der Waals surface area contributed by atoms with Gasteiger partial charge in [0.05, 0.1) is 25.0 Å². The number of rotatable bonds is 2. The highest BCUT2D eigenvalue weighted by molar-refractivity contribution is 6.39. The average molecular weight is 261 g/mol. The zero-order chi connectivity index (χ0) is 11.7. The Morgan fingerprint density at radius 2 is 1.12 bits per heavy atom. The zero-order valence-corrected chi connectivity index (χ0v) is 9.87. The van der Waals surface area contributed by atoms with Crippen LogP contribution in [0.5, 0.6) is 11.8 Å². The third-order valence-corrected chi connectivity index (χ3v) is 2.46. The van der Waals surface area contributed by atoms with Gasteiger partial charge in [0.25, 0.3) is 0 Å². The first kappa shape index (κ1) is 11.1. The fourth-order valence-corrected chi connectivity index (χ4v) is 1.69. The largest absolute Gasteiger partial charge is 0.479 e. The van der Waals surface area contributed by atoms with Crippen molar-refractivity contribution in [3.05, 3.63) is 10.3 Å². The maximum atomic E-state index is 5.91.